The number of aliphatic hydroxyl groups excluding tert-OH is 1. The number of β-amino-alcohol motifs (C(OH)–C–C–N with tert-alkyl or cyclic N) is 1. The van der Waals surface area contributed by atoms with Gasteiger partial charge in [0.25, 0.3) is 0 Å². The third-order valence-corrected chi connectivity index (χ3v) is 4.59. The van der Waals surface area contributed by atoms with Gasteiger partial charge in [-0.25, -0.2) is 0 Å². The van der Waals surface area contributed by atoms with Crippen molar-refractivity contribution in [2.24, 2.45) is 0 Å². The molecule has 0 saturated carbocycles. The van der Waals surface area contributed by atoms with Crippen LogP contribution in [0.25, 0.3) is 11.4 Å². The van der Waals surface area contributed by atoms with E-state index in [1.165, 1.54) is 0 Å². The highest BCUT2D eigenvalue weighted by Crippen LogP contribution is 2.28. The molecule has 2 heterocycles. The maximum Gasteiger partial charge on any atom is 0.231 e. The molecule has 0 bridgehead atoms. The van der Waals surface area contributed by atoms with Crippen LogP contribution in [0.15, 0.2) is 28.8 Å². The molecule has 0 spiro atoms. The lowest BCUT2D eigenvalue weighted by Gasteiger charge is -2.32. The summed E-state index contributed by atoms with van der Waals surface area (Å²) in [4.78, 5) is 6.84. The zero-order chi connectivity index (χ0) is 16.2. The molecule has 0 amide bonds. The van der Waals surface area contributed by atoms with Crippen LogP contribution >= 0.6 is 11.6 Å². The summed E-state index contributed by atoms with van der Waals surface area (Å²) in [5, 5.41) is 14.6. The van der Waals surface area contributed by atoms with Crippen LogP contribution in [-0.4, -0.2) is 45.9 Å². The summed E-state index contributed by atoms with van der Waals surface area (Å²) < 4.78 is 5.49. The van der Waals surface area contributed by atoms with Gasteiger partial charge in [-0.05, 0) is 50.1 Å². The fraction of sp³-hybridized carbons (Fsp3) is 0.529. The average Bonchev–Trinajstić information content (AvgIpc) is 3.06. The van der Waals surface area contributed by atoms with E-state index in [0.29, 0.717) is 23.3 Å². The molecule has 0 aliphatic carbocycles. The minimum atomic E-state index is -0.263. The normalized spacial score (nSPS) is 20.6. The zero-order valence-electron chi connectivity index (χ0n) is 13.3. The number of nitrogens with zero attached hydrogens (tertiary/aromatic N) is 3. The molecular formula is C17H22ClN3O2. The summed E-state index contributed by atoms with van der Waals surface area (Å²) in [5.41, 5.74) is 0.901. The van der Waals surface area contributed by atoms with Crippen LogP contribution < -0.4 is 0 Å². The molecular weight excluding hydrogens is 314 g/mol. The fourth-order valence-electron chi connectivity index (χ4n) is 2.97. The number of rotatable bonds is 5. The number of aromatic nitrogens is 2. The van der Waals surface area contributed by atoms with E-state index in [2.05, 4.69) is 15.0 Å². The predicted octanol–water partition coefficient (Wildman–Crippen LogP) is 3.34. The van der Waals surface area contributed by atoms with Crippen molar-refractivity contribution in [2.75, 3.05) is 19.6 Å². The first-order chi connectivity index (χ1) is 11.2. The molecule has 1 N–H and O–H groups in total. The van der Waals surface area contributed by atoms with Gasteiger partial charge in [0, 0.05) is 23.7 Å². The Hall–Kier alpha value is -1.43. The van der Waals surface area contributed by atoms with Gasteiger partial charge >= 0.3 is 0 Å². The minimum Gasteiger partial charge on any atom is -0.392 e. The molecule has 2 aromatic rings. The maximum atomic E-state index is 9.84. The molecule has 1 saturated heterocycles. The molecule has 1 fully saturated rings. The molecule has 1 aliphatic rings. The van der Waals surface area contributed by atoms with Gasteiger partial charge in [-0.15, -0.1) is 0 Å². The third-order valence-electron chi connectivity index (χ3n) is 4.34. The van der Waals surface area contributed by atoms with Crippen molar-refractivity contribution in [2.45, 2.75) is 38.2 Å². The second kappa shape index (κ2) is 7.43. The molecule has 0 radical (unpaired) electrons. The SMILES string of the molecule is CC[C@@H](O)CN1CCCC(c2nc(-c3ccc(Cl)cc3)no2)C1. The molecule has 3 rings (SSSR count). The van der Waals surface area contributed by atoms with E-state index in [1.54, 1.807) is 0 Å². The quantitative estimate of drug-likeness (QED) is 0.908. The first kappa shape index (κ1) is 16.4. The Morgan fingerprint density at radius 1 is 1.39 bits per heavy atom. The molecule has 1 unspecified atom stereocenters. The van der Waals surface area contributed by atoms with E-state index in [4.69, 9.17) is 16.1 Å². The Labute approximate surface area is 141 Å². The van der Waals surface area contributed by atoms with Gasteiger partial charge in [0.1, 0.15) is 0 Å². The third kappa shape index (κ3) is 4.10. The lowest BCUT2D eigenvalue weighted by Crippen LogP contribution is -2.39. The van der Waals surface area contributed by atoms with Gasteiger partial charge in [-0.2, -0.15) is 4.98 Å². The molecule has 1 aliphatic heterocycles. The van der Waals surface area contributed by atoms with Crippen LogP contribution in [-0.2, 0) is 0 Å². The molecule has 2 atom stereocenters. The fourth-order valence-corrected chi connectivity index (χ4v) is 3.09. The van der Waals surface area contributed by atoms with E-state index in [1.807, 2.05) is 31.2 Å². The molecule has 1 aromatic carbocycles. The van der Waals surface area contributed by atoms with Crippen molar-refractivity contribution in [1.29, 1.82) is 0 Å². The Morgan fingerprint density at radius 2 is 2.17 bits per heavy atom. The number of likely N-dealkylation sites (tertiary alicyclic amines) is 1. The van der Waals surface area contributed by atoms with Gasteiger partial charge in [-0.1, -0.05) is 23.7 Å². The van der Waals surface area contributed by atoms with Gasteiger partial charge in [0.15, 0.2) is 0 Å². The van der Waals surface area contributed by atoms with Gasteiger partial charge in [-0.3, -0.25) is 4.90 Å². The van der Waals surface area contributed by atoms with Crippen molar-refractivity contribution in [3.63, 3.8) is 0 Å². The van der Waals surface area contributed by atoms with Crippen molar-refractivity contribution in [1.82, 2.24) is 15.0 Å². The summed E-state index contributed by atoms with van der Waals surface area (Å²) in [6.45, 7) is 4.60. The van der Waals surface area contributed by atoms with E-state index in [9.17, 15) is 5.11 Å². The van der Waals surface area contributed by atoms with E-state index >= 15 is 0 Å². The zero-order valence-corrected chi connectivity index (χ0v) is 14.0. The monoisotopic (exact) mass is 335 g/mol. The Kier molecular flexibility index (Phi) is 5.30. The van der Waals surface area contributed by atoms with Crippen LogP contribution in [0.3, 0.4) is 0 Å². The van der Waals surface area contributed by atoms with Crippen LogP contribution in [0.1, 0.15) is 38.0 Å². The van der Waals surface area contributed by atoms with Crippen LogP contribution in [0, 0.1) is 0 Å². The van der Waals surface area contributed by atoms with Crippen molar-refractivity contribution >= 4 is 11.6 Å². The Balaban J connectivity index is 1.68. The Morgan fingerprint density at radius 3 is 2.91 bits per heavy atom. The largest absolute Gasteiger partial charge is 0.392 e. The number of hydrogen-bond donors (Lipinski definition) is 1. The van der Waals surface area contributed by atoms with Gasteiger partial charge < -0.3 is 9.63 Å². The first-order valence-corrected chi connectivity index (χ1v) is 8.53. The van der Waals surface area contributed by atoms with Crippen LogP contribution in [0.4, 0.5) is 0 Å². The summed E-state index contributed by atoms with van der Waals surface area (Å²) in [7, 11) is 0. The molecule has 6 heteroatoms. The number of halogens is 1. The summed E-state index contributed by atoms with van der Waals surface area (Å²) in [6.07, 6.45) is 2.64. The van der Waals surface area contributed by atoms with Crippen molar-refractivity contribution in [3.8, 4) is 11.4 Å². The lowest BCUT2D eigenvalue weighted by atomic mass is 9.97. The summed E-state index contributed by atoms with van der Waals surface area (Å²) in [5.74, 6) is 1.52. The maximum absolute atomic E-state index is 9.84. The van der Waals surface area contributed by atoms with Crippen LogP contribution in [0.5, 0.6) is 0 Å². The first-order valence-electron chi connectivity index (χ1n) is 8.15. The molecule has 1 aromatic heterocycles. The van der Waals surface area contributed by atoms with Gasteiger partial charge in [0.05, 0.1) is 12.0 Å². The van der Waals surface area contributed by atoms with Crippen molar-refractivity contribution < 1.29 is 9.63 Å². The highest BCUT2D eigenvalue weighted by molar-refractivity contribution is 6.30. The summed E-state index contributed by atoms with van der Waals surface area (Å²) in [6, 6.07) is 7.42. The highest BCUT2D eigenvalue weighted by atomic mass is 35.5. The van der Waals surface area contributed by atoms with Crippen molar-refractivity contribution in [3.05, 3.63) is 35.2 Å². The highest BCUT2D eigenvalue weighted by Gasteiger charge is 2.27. The Bertz CT molecular complexity index is 629. The van der Waals surface area contributed by atoms with E-state index in [-0.39, 0.29) is 12.0 Å². The van der Waals surface area contributed by atoms with Gasteiger partial charge in [0.2, 0.25) is 11.7 Å². The molecule has 124 valence electrons. The molecule has 23 heavy (non-hydrogen) atoms. The van der Waals surface area contributed by atoms with Crippen LogP contribution in [0.2, 0.25) is 5.02 Å². The minimum absolute atomic E-state index is 0.237. The predicted molar refractivity (Wildman–Crippen MR) is 89.5 cm³/mol. The van der Waals surface area contributed by atoms with E-state index in [0.717, 1.165) is 37.9 Å². The number of piperidine rings is 1. The second-order valence-corrected chi connectivity index (χ2v) is 6.56. The number of aliphatic hydroxyl groups is 1. The smallest absolute Gasteiger partial charge is 0.231 e. The topological polar surface area (TPSA) is 62.4 Å². The van der Waals surface area contributed by atoms with E-state index < -0.39 is 0 Å². The standard InChI is InChI=1S/C17H22ClN3O2/c1-2-15(22)11-21-9-3-4-13(10-21)17-19-16(20-23-17)12-5-7-14(18)8-6-12/h5-8,13,15,22H,2-4,9-11H2,1H3/t13?,15-/m1/s1. The molecule has 5 nitrogen and oxygen atoms in total. The summed E-state index contributed by atoms with van der Waals surface area (Å²) >= 11 is 5.91. The number of benzene rings is 1. The average molecular weight is 336 g/mol. The second-order valence-electron chi connectivity index (χ2n) is 6.12. The number of hydrogen-bond acceptors (Lipinski definition) is 5. The lowest BCUT2D eigenvalue weighted by molar-refractivity contribution is 0.0886.